The Labute approximate surface area is 124 Å². The highest BCUT2D eigenvalue weighted by Crippen LogP contribution is 2.23. The first-order chi connectivity index (χ1) is 9.36. The second kappa shape index (κ2) is 7.99. The van der Waals surface area contributed by atoms with Crippen LogP contribution in [0.15, 0.2) is 27.6 Å². The van der Waals surface area contributed by atoms with E-state index in [-0.39, 0.29) is 24.7 Å². The van der Waals surface area contributed by atoms with Gasteiger partial charge in [-0.05, 0) is 33.6 Å². The molecule has 5 nitrogen and oxygen atoms in total. The Kier molecular flexibility index (Phi) is 6.96. The number of sulfonamides is 1. The number of hydrogen-bond donors (Lipinski definition) is 2. The average molecular weight is 374 g/mol. The van der Waals surface area contributed by atoms with Crippen molar-refractivity contribution in [3.05, 3.63) is 28.2 Å². The number of benzene rings is 1. The van der Waals surface area contributed by atoms with Gasteiger partial charge in [-0.1, -0.05) is 6.07 Å². The van der Waals surface area contributed by atoms with E-state index in [1.807, 2.05) is 0 Å². The van der Waals surface area contributed by atoms with Gasteiger partial charge in [-0.3, -0.25) is 0 Å². The van der Waals surface area contributed by atoms with Crippen molar-refractivity contribution < 1.29 is 27.0 Å². The number of hydrogen-bond acceptors (Lipinski definition) is 4. The first kappa shape index (κ1) is 17.4. The van der Waals surface area contributed by atoms with Crippen LogP contribution in [0, 0.1) is 0 Å². The highest BCUT2D eigenvalue weighted by Gasteiger charge is 2.17. The number of nitrogens with one attached hydrogen (secondary N) is 1. The largest absolute Gasteiger partial charge is 0.392 e. The van der Waals surface area contributed by atoms with Gasteiger partial charge in [0.25, 0.3) is 6.43 Å². The Morgan fingerprint density at radius 3 is 2.70 bits per heavy atom. The standard InChI is InChI=1S/C11H14BrF2NO4S/c12-9-2-1-8(6-16)5-10(9)20(17,18)15-3-4-19-7-11(13)14/h1-2,5,11,15-16H,3-4,6-7H2. The number of aliphatic hydroxyl groups excluding tert-OH is 1. The van der Waals surface area contributed by atoms with E-state index in [0.717, 1.165) is 0 Å². The van der Waals surface area contributed by atoms with E-state index in [1.54, 1.807) is 6.07 Å². The van der Waals surface area contributed by atoms with Gasteiger partial charge < -0.3 is 9.84 Å². The van der Waals surface area contributed by atoms with Gasteiger partial charge in [0.05, 0.1) is 18.1 Å². The number of halogens is 3. The van der Waals surface area contributed by atoms with Crippen molar-refractivity contribution in [1.29, 1.82) is 0 Å². The van der Waals surface area contributed by atoms with Gasteiger partial charge in [0.2, 0.25) is 10.0 Å². The van der Waals surface area contributed by atoms with Gasteiger partial charge >= 0.3 is 0 Å². The van der Waals surface area contributed by atoms with Gasteiger partial charge in [-0.15, -0.1) is 0 Å². The minimum absolute atomic E-state index is 0.0297. The summed E-state index contributed by atoms with van der Waals surface area (Å²) >= 11 is 3.11. The van der Waals surface area contributed by atoms with Crippen molar-refractivity contribution in [2.45, 2.75) is 17.9 Å². The third-order valence-corrected chi connectivity index (χ3v) is 4.70. The molecule has 0 spiro atoms. The van der Waals surface area contributed by atoms with E-state index < -0.39 is 23.1 Å². The topological polar surface area (TPSA) is 75.6 Å². The maximum atomic E-state index is 12.0. The molecular weight excluding hydrogens is 360 g/mol. The molecule has 0 unspecified atom stereocenters. The predicted molar refractivity (Wildman–Crippen MR) is 72.1 cm³/mol. The molecule has 0 amide bonds. The fourth-order valence-corrected chi connectivity index (χ4v) is 3.38. The second-order valence-electron chi connectivity index (χ2n) is 3.79. The Hall–Kier alpha value is -0.610. The Morgan fingerprint density at radius 1 is 1.40 bits per heavy atom. The van der Waals surface area contributed by atoms with Crippen LogP contribution < -0.4 is 4.72 Å². The molecule has 2 N–H and O–H groups in total. The van der Waals surface area contributed by atoms with Gasteiger partial charge in [-0.2, -0.15) is 0 Å². The molecule has 20 heavy (non-hydrogen) atoms. The van der Waals surface area contributed by atoms with Crippen LogP contribution in [0.3, 0.4) is 0 Å². The van der Waals surface area contributed by atoms with Gasteiger partial charge in [0, 0.05) is 11.0 Å². The zero-order chi connectivity index (χ0) is 15.2. The fourth-order valence-electron chi connectivity index (χ4n) is 1.35. The number of alkyl halides is 2. The fraction of sp³-hybridized carbons (Fsp3) is 0.455. The summed E-state index contributed by atoms with van der Waals surface area (Å²) in [6.07, 6.45) is -2.58. The van der Waals surface area contributed by atoms with Crippen molar-refractivity contribution >= 4 is 26.0 Å². The molecule has 1 aromatic carbocycles. The average Bonchev–Trinajstić information content (AvgIpc) is 2.38. The molecule has 0 aliphatic heterocycles. The second-order valence-corrected chi connectivity index (χ2v) is 6.38. The summed E-state index contributed by atoms with van der Waals surface area (Å²) < 4.78 is 54.7. The molecule has 0 saturated carbocycles. The summed E-state index contributed by atoms with van der Waals surface area (Å²) in [7, 11) is -3.80. The third kappa shape index (κ3) is 5.41. The van der Waals surface area contributed by atoms with Gasteiger partial charge in [-0.25, -0.2) is 21.9 Å². The molecule has 1 rings (SSSR count). The highest BCUT2D eigenvalue weighted by molar-refractivity contribution is 9.10. The lowest BCUT2D eigenvalue weighted by atomic mass is 10.2. The molecular formula is C11H14BrF2NO4S. The van der Waals surface area contributed by atoms with Crippen LogP contribution in [0.4, 0.5) is 8.78 Å². The number of ether oxygens (including phenoxy) is 1. The molecule has 0 bridgehead atoms. The van der Waals surface area contributed by atoms with Crippen LogP contribution in [-0.4, -0.2) is 39.7 Å². The van der Waals surface area contributed by atoms with Crippen molar-refractivity contribution in [3.8, 4) is 0 Å². The SMILES string of the molecule is O=S(=O)(NCCOCC(F)F)c1cc(CO)ccc1Br. The molecule has 0 aromatic heterocycles. The predicted octanol–water partition coefficient (Wildman–Crippen LogP) is 1.50. The van der Waals surface area contributed by atoms with Crippen LogP contribution >= 0.6 is 15.9 Å². The third-order valence-electron chi connectivity index (χ3n) is 2.25. The Morgan fingerprint density at radius 2 is 2.10 bits per heavy atom. The number of aliphatic hydroxyl groups is 1. The highest BCUT2D eigenvalue weighted by atomic mass is 79.9. The van der Waals surface area contributed by atoms with Crippen molar-refractivity contribution in [2.24, 2.45) is 0 Å². The Bertz CT molecular complexity index is 539. The van der Waals surface area contributed by atoms with Gasteiger partial charge in [0.15, 0.2) is 0 Å². The van der Waals surface area contributed by atoms with Crippen LogP contribution in [0.5, 0.6) is 0 Å². The lowest BCUT2D eigenvalue weighted by Crippen LogP contribution is -2.28. The molecule has 0 radical (unpaired) electrons. The quantitative estimate of drug-likeness (QED) is 0.677. The summed E-state index contributed by atoms with van der Waals surface area (Å²) in [5, 5.41) is 9.00. The van der Waals surface area contributed by atoms with Crippen molar-refractivity contribution in [1.82, 2.24) is 4.72 Å². The maximum Gasteiger partial charge on any atom is 0.261 e. The summed E-state index contributed by atoms with van der Waals surface area (Å²) in [6.45, 7) is -1.29. The van der Waals surface area contributed by atoms with Crippen LogP contribution in [0.1, 0.15) is 5.56 Å². The molecule has 0 aliphatic carbocycles. The molecule has 0 aliphatic rings. The number of rotatable bonds is 8. The molecule has 9 heteroatoms. The van der Waals surface area contributed by atoms with Gasteiger partial charge in [0.1, 0.15) is 6.61 Å². The van der Waals surface area contributed by atoms with E-state index in [9.17, 15) is 17.2 Å². The summed E-state index contributed by atoms with van der Waals surface area (Å²) in [4.78, 5) is -0.0297. The molecule has 0 fully saturated rings. The van der Waals surface area contributed by atoms with E-state index in [4.69, 9.17) is 5.11 Å². The van der Waals surface area contributed by atoms with E-state index >= 15 is 0 Å². The zero-order valence-electron chi connectivity index (χ0n) is 10.4. The summed E-state index contributed by atoms with van der Waals surface area (Å²) in [6, 6.07) is 4.41. The minimum Gasteiger partial charge on any atom is -0.392 e. The monoisotopic (exact) mass is 373 g/mol. The first-order valence-electron chi connectivity index (χ1n) is 5.61. The van der Waals surface area contributed by atoms with Crippen LogP contribution in [-0.2, 0) is 21.4 Å². The van der Waals surface area contributed by atoms with Crippen molar-refractivity contribution in [2.75, 3.05) is 19.8 Å². The summed E-state index contributed by atoms with van der Waals surface area (Å²) in [5.74, 6) is 0. The van der Waals surface area contributed by atoms with Crippen molar-refractivity contribution in [3.63, 3.8) is 0 Å². The summed E-state index contributed by atoms with van der Waals surface area (Å²) in [5.41, 5.74) is 0.447. The lowest BCUT2D eigenvalue weighted by molar-refractivity contribution is 0.0199. The normalized spacial score (nSPS) is 12.1. The molecule has 114 valence electrons. The first-order valence-corrected chi connectivity index (χ1v) is 7.89. The Balaban J connectivity index is 2.64. The molecule has 0 saturated heterocycles. The van der Waals surface area contributed by atoms with E-state index in [1.165, 1.54) is 12.1 Å². The molecule has 0 heterocycles. The van der Waals surface area contributed by atoms with Crippen LogP contribution in [0.2, 0.25) is 0 Å². The minimum atomic E-state index is -3.80. The zero-order valence-corrected chi connectivity index (χ0v) is 12.8. The smallest absolute Gasteiger partial charge is 0.261 e. The van der Waals surface area contributed by atoms with E-state index in [0.29, 0.717) is 10.0 Å². The molecule has 0 atom stereocenters. The van der Waals surface area contributed by atoms with E-state index in [2.05, 4.69) is 25.4 Å². The molecule has 1 aromatic rings. The lowest BCUT2D eigenvalue weighted by Gasteiger charge is -2.10. The van der Waals surface area contributed by atoms with Crippen LogP contribution in [0.25, 0.3) is 0 Å². The maximum absolute atomic E-state index is 12.0.